The maximum absolute atomic E-state index is 7.07. The van der Waals surface area contributed by atoms with Crippen molar-refractivity contribution in [3.63, 3.8) is 0 Å². The van der Waals surface area contributed by atoms with Gasteiger partial charge in [-0.05, 0) is 117 Å². The van der Waals surface area contributed by atoms with Crippen LogP contribution in [0.1, 0.15) is 105 Å². The Kier molecular flexibility index (Phi) is 14.5. The monoisotopic (exact) mass is 1030 g/mol. The number of pyridine rings is 4. The Balaban J connectivity index is 1.44. The van der Waals surface area contributed by atoms with E-state index in [0.717, 1.165) is 61.4 Å². The number of nitrogens with zero attached hydrogens (tertiary/aromatic N) is 4. The second kappa shape index (κ2) is 20.5. The summed E-state index contributed by atoms with van der Waals surface area (Å²) in [6.07, 6.45) is 7.03. The third-order valence-electron chi connectivity index (χ3n) is 11.8. The summed E-state index contributed by atoms with van der Waals surface area (Å²) in [6.45, 7) is 27.0. The predicted octanol–water partition coefficient (Wildman–Crippen LogP) is 18.5. The molecule has 4 aromatic heterocycles. The van der Waals surface area contributed by atoms with Crippen LogP contribution < -0.4 is 18.9 Å². The van der Waals surface area contributed by atoms with Crippen molar-refractivity contribution < 1.29 is 18.9 Å². The lowest BCUT2D eigenvalue weighted by atomic mass is 9.87. The van der Waals surface area contributed by atoms with Crippen molar-refractivity contribution in [2.24, 2.45) is 0 Å². The highest BCUT2D eigenvalue weighted by atomic mass is 32.2. The fraction of sp³-hybridized carbons (Fsp3) is 0.267. The summed E-state index contributed by atoms with van der Waals surface area (Å²) in [5.74, 6) is 4.54. The lowest BCUT2D eigenvalue weighted by Gasteiger charge is -2.28. The average Bonchev–Trinajstić information content (AvgIpc) is 3.32. The van der Waals surface area contributed by atoms with Crippen LogP contribution in [-0.4, -0.2) is 19.9 Å². The Morgan fingerprint density at radius 3 is 0.597 bits per heavy atom. The van der Waals surface area contributed by atoms with Gasteiger partial charge >= 0.3 is 0 Å². The van der Waals surface area contributed by atoms with Crippen LogP contribution in [0.4, 0.5) is 0 Å². The topological polar surface area (TPSA) is 88.5 Å². The van der Waals surface area contributed by atoms with Crippen LogP contribution >= 0.6 is 47.0 Å². The summed E-state index contributed by atoms with van der Waals surface area (Å²) in [7, 11) is 0. The summed E-state index contributed by atoms with van der Waals surface area (Å²) in [5, 5.41) is 0. The Morgan fingerprint density at radius 1 is 0.278 bits per heavy atom. The van der Waals surface area contributed by atoms with E-state index in [1.807, 2.05) is 72.8 Å². The number of hydrogen-bond acceptors (Lipinski definition) is 12. The van der Waals surface area contributed by atoms with Crippen LogP contribution in [0.2, 0.25) is 0 Å². The average molecular weight is 1030 g/mol. The number of fused-ring (bicyclic) bond motifs is 8. The number of benzene rings is 4. The zero-order chi connectivity index (χ0) is 51.0. The second-order valence-electron chi connectivity index (χ2n) is 21.7. The Hall–Kier alpha value is -5.92. The lowest BCUT2D eigenvalue weighted by molar-refractivity contribution is 0.434. The largest absolute Gasteiger partial charge is 0.437 e. The minimum absolute atomic E-state index is 0.254. The molecule has 368 valence electrons. The molecule has 12 heteroatoms. The molecule has 1 aliphatic heterocycles. The van der Waals surface area contributed by atoms with Gasteiger partial charge in [0.25, 0.3) is 0 Å². The fourth-order valence-electron chi connectivity index (χ4n) is 7.57. The second-order valence-corrected chi connectivity index (χ2v) is 26.0. The molecule has 9 rings (SSSR count). The first kappa shape index (κ1) is 51.0. The van der Waals surface area contributed by atoms with Crippen molar-refractivity contribution in [1.29, 1.82) is 0 Å². The number of aromatic nitrogens is 4. The molecule has 0 N–H and O–H groups in total. The van der Waals surface area contributed by atoms with Gasteiger partial charge in [0.1, 0.15) is 0 Å². The van der Waals surface area contributed by atoms with Crippen molar-refractivity contribution in [2.45, 2.75) is 144 Å². The fourth-order valence-corrected chi connectivity index (χ4v) is 12.2. The first-order valence-electron chi connectivity index (χ1n) is 24.0. The maximum Gasteiger partial charge on any atom is 0.219 e. The van der Waals surface area contributed by atoms with Crippen molar-refractivity contribution in [3.8, 4) is 46.5 Å². The summed E-state index contributed by atoms with van der Waals surface area (Å²) in [4.78, 5) is 25.9. The minimum Gasteiger partial charge on any atom is -0.437 e. The van der Waals surface area contributed by atoms with Crippen LogP contribution in [-0.2, 0) is 21.7 Å². The summed E-state index contributed by atoms with van der Waals surface area (Å²) < 4.78 is 28.3. The molecule has 0 atom stereocenters. The van der Waals surface area contributed by atoms with Gasteiger partial charge in [-0.2, -0.15) is 0 Å². The van der Waals surface area contributed by atoms with E-state index in [1.54, 1.807) is 71.8 Å². The third-order valence-corrected chi connectivity index (χ3v) is 16.0. The summed E-state index contributed by atoms with van der Waals surface area (Å²) in [6, 6.07) is 41.0. The van der Waals surface area contributed by atoms with Gasteiger partial charge in [0.15, 0.2) is 23.0 Å². The molecule has 0 aliphatic carbocycles. The van der Waals surface area contributed by atoms with Crippen LogP contribution in [0.15, 0.2) is 185 Å². The highest BCUT2D eigenvalue weighted by Gasteiger charge is 2.31. The number of hydrogen-bond donors (Lipinski definition) is 0. The minimum atomic E-state index is -0.254. The quantitative estimate of drug-likeness (QED) is 0.145. The van der Waals surface area contributed by atoms with Crippen molar-refractivity contribution >= 4 is 47.0 Å². The van der Waals surface area contributed by atoms with Crippen LogP contribution in [0.25, 0.3) is 0 Å². The molecule has 8 nitrogen and oxygen atoms in total. The van der Waals surface area contributed by atoms with E-state index in [1.165, 1.54) is 0 Å². The zero-order valence-electron chi connectivity index (χ0n) is 42.9. The van der Waals surface area contributed by atoms with Crippen molar-refractivity contribution in [3.05, 3.63) is 168 Å². The Morgan fingerprint density at radius 2 is 0.458 bits per heavy atom. The molecular formula is C60H60N4O4S4. The van der Waals surface area contributed by atoms with Gasteiger partial charge in [-0.25, -0.2) is 19.9 Å². The van der Waals surface area contributed by atoms with Gasteiger partial charge < -0.3 is 18.9 Å². The van der Waals surface area contributed by atoms with Crippen molar-refractivity contribution in [1.82, 2.24) is 19.9 Å². The number of rotatable bonds is 8. The maximum atomic E-state index is 7.07. The zero-order valence-corrected chi connectivity index (χ0v) is 46.2. The normalized spacial score (nSPS) is 13.1. The van der Waals surface area contributed by atoms with E-state index in [2.05, 4.69) is 132 Å². The first-order chi connectivity index (χ1) is 34.2. The van der Waals surface area contributed by atoms with Gasteiger partial charge in [-0.1, -0.05) is 154 Å². The van der Waals surface area contributed by atoms with Gasteiger partial charge in [-0.15, -0.1) is 0 Å². The van der Waals surface area contributed by atoms with Gasteiger partial charge in [0, 0.05) is 49.1 Å². The highest BCUT2D eigenvalue weighted by molar-refractivity contribution is 8.01. The van der Waals surface area contributed by atoms with E-state index in [9.17, 15) is 0 Å². The van der Waals surface area contributed by atoms with E-state index in [-0.39, 0.29) is 21.7 Å². The molecule has 5 heterocycles. The van der Waals surface area contributed by atoms with Gasteiger partial charge in [0.05, 0.1) is 39.2 Å². The molecule has 8 bridgehead atoms. The molecule has 0 unspecified atom stereocenters. The molecule has 4 aromatic carbocycles. The smallest absolute Gasteiger partial charge is 0.219 e. The molecule has 1 aliphatic rings. The Labute approximate surface area is 441 Å². The molecule has 0 saturated heterocycles. The van der Waals surface area contributed by atoms with Crippen LogP contribution in [0.3, 0.4) is 0 Å². The lowest BCUT2D eigenvalue weighted by Crippen LogP contribution is -2.13. The van der Waals surface area contributed by atoms with Crippen molar-refractivity contribution in [2.75, 3.05) is 0 Å². The molecule has 0 saturated carbocycles. The predicted molar refractivity (Wildman–Crippen MR) is 294 cm³/mol. The SMILES string of the molecule is CC(C)(C)c1cc2c(Oc3ccccn3)c(c1)Sc1cc(C(C)(C)C)cc(c1Oc1ccccn1)Sc1cc(C(C)(C)C)cc(c1Oc1ccccn1)Sc1cc(C(C)(C)C)cc(c1Oc1ccccn1)S2. The molecule has 0 fully saturated rings. The first-order valence-corrected chi connectivity index (χ1v) is 27.2. The van der Waals surface area contributed by atoms with E-state index >= 15 is 0 Å². The molecule has 8 aromatic rings. The van der Waals surface area contributed by atoms with E-state index < -0.39 is 0 Å². The van der Waals surface area contributed by atoms with Crippen LogP contribution in [0, 0.1) is 0 Å². The standard InChI is InChI=1S/C60H60N4O4S4/c1-57(2,3)37-29-41-53(65-49-21-13-17-25-61-49)42(30-37)70-44-32-39(59(7,8)9)34-46(55(44)67-51-23-15-19-27-63-51)72-48-36-40(60(10,11)12)35-47(56(48)68-52-24-16-20-28-64-52)71-45-33-38(58(4,5)6)31-43(69-41)54(45)66-50-22-14-18-26-62-50/h13-36H,1-12H3. The molecule has 72 heavy (non-hydrogen) atoms. The molecular weight excluding hydrogens is 969 g/mol. The third kappa shape index (κ3) is 11.9. The van der Waals surface area contributed by atoms with Gasteiger partial charge in [0.2, 0.25) is 23.5 Å². The van der Waals surface area contributed by atoms with Crippen LogP contribution in [0.5, 0.6) is 46.5 Å². The number of ether oxygens (including phenoxy) is 4. The molecule has 0 amide bonds. The highest BCUT2D eigenvalue weighted by Crippen LogP contribution is 2.58. The summed E-state index contributed by atoms with van der Waals surface area (Å²) in [5.41, 5.74) is 3.50. The van der Waals surface area contributed by atoms with E-state index in [4.69, 9.17) is 38.9 Å². The molecule has 0 radical (unpaired) electrons. The van der Waals surface area contributed by atoms with E-state index in [0.29, 0.717) is 46.5 Å². The summed E-state index contributed by atoms with van der Waals surface area (Å²) >= 11 is 6.45. The molecule has 0 spiro atoms. The van der Waals surface area contributed by atoms with Gasteiger partial charge in [-0.3, -0.25) is 0 Å². The Bertz CT molecular complexity index is 2690.